The normalized spacial score (nSPS) is 18.5. The van der Waals surface area contributed by atoms with Gasteiger partial charge in [-0.25, -0.2) is 9.48 Å². The SMILES string of the molecule is O=C(NC1(C(=O)O)CCC1)c1ccc2c(C3CCCCC3)n(-c3ccccc3)nc2c1. The van der Waals surface area contributed by atoms with Gasteiger partial charge in [0.2, 0.25) is 0 Å². The quantitative estimate of drug-likeness (QED) is 0.624. The van der Waals surface area contributed by atoms with Gasteiger partial charge in [-0.1, -0.05) is 43.5 Å². The molecule has 0 atom stereocenters. The van der Waals surface area contributed by atoms with E-state index in [4.69, 9.17) is 5.10 Å². The third-order valence-electron chi connectivity index (χ3n) is 6.93. The van der Waals surface area contributed by atoms with E-state index in [1.807, 2.05) is 28.9 Å². The number of nitrogens with one attached hydrogen (secondary N) is 1. The minimum atomic E-state index is -1.12. The van der Waals surface area contributed by atoms with Crippen LogP contribution in [0.1, 0.15) is 73.3 Å². The van der Waals surface area contributed by atoms with Crippen LogP contribution in [0.15, 0.2) is 48.5 Å². The van der Waals surface area contributed by atoms with Crippen molar-refractivity contribution < 1.29 is 14.7 Å². The Morgan fingerprint density at radius 3 is 2.39 bits per heavy atom. The second-order valence-electron chi connectivity index (χ2n) is 8.89. The summed E-state index contributed by atoms with van der Waals surface area (Å²) >= 11 is 0. The van der Waals surface area contributed by atoms with Gasteiger partial charge >= 0.3 is 5.97 Å². The standard InChI is InChI=1S/C25H27N3O3/c29-23(26-25(24(30)31)14-7-15-25)18-12-13-20-21(16-18)27-28(19-10-5-2-6-11-19)22(20)17-8-3-1-4-9-17/h2,5-6,10-13,16-17H,1,3-4,7-9,14-15H2,(H,26,29)(H,30,31). The maximum atomic E-state index is 12.9. The van der Waals surface area contributed by atoms with Gasteiger partial charge in [0.05, 0.1) is 16.9 Å². The van der Waals surface area contributed by atoms with Gasteiger partial charge in [0.1, 0.15) is 5.54 Å². The van der Waals surface area contributed by atoms with Crippen molar-refractivity contribution in [1.29, 1.82) is 0 Å². The molecule has 31 heavy (non-hydrogen) atoms. The topological polar surface area (TPSA) is 84.2 Å². The third kappa shape index (κ3) is 3.50. The summed E-state index contributed by atoms with van der Waals surface area (Å²) in [6.45, 7) is 0. The van der Waals surface area contributed by atoms with Crippen molar-refractivity contribution in [3.8, 4) is 5.69 Å². The maximum absolute atomic E-state index is 12.9. The van der Waals surface area contributed by atoms with Crippen molar-refractivity contribution in [2.24, 2.45) is 0 Å². The summed E-state index contributed by atoms with van der Waals surface area (Å²) in [5, 5.41) is 18.2. The van der Waals surface area contributed by atoms with Crippen LogP contribution in [0.4, 0.5) is 0 Å². The van der Waals surface area contributed by atoms with E-state index in [9.17, 15) is 14.7 Å². The number of benzene rings is 2. The number of carboxylic acid groups (broad SMARTS) is 1. The molecule has 0 spiro atoms. The number of nitrogens with zero attached hydrogens (tertiary/aromatic N) is 2. The van der Waals surface area contributed by atoms with Gasteiger partial charge in [-0.15, -0.1) is 0 Å². The lowest BCUT2D eigenvalue weighted by atomic mass is 9.76. The molecule has 3 aromatic rings. The molecule has 0 radical (unpaired) electrons. The molecule has 1 aromatic heterocycles. The summed E-state index contributed by atoms with van der Waals surface area (Å²) in [5.74, 6) is -0.859. The Hall–Kier alpha value is -3.15. The molecule has 0 bridgehead atoms. The van der Waals surface area contributed by atoms with E-state index >= 15 is 0 Å². The van der Waals surface area contributed by atoms with E-state index in [-0.39, 0.29) is 5.91 Å². The van der Waals surface area contributed by atoms with E-state index in [1.54, 1.807) is 12.1 Å². The van der Waals surface area contributed by atoms with Crippen LogP contribution < -0.4 is 5.32 Å². The van der Waals surface area contributed by atoms with Crippen molar-refractivity contribution in [3.63, 3.8) is 0 Å². The fourth-order valence-corrected chi connectivity index (χ4v) is 4.99. The first-order valence-corrected chi connectivity index (χ1v) is 11.2. The van der Waals surface area contributed by atoms with E-state index < -0.39 is 11.5 Å². The molecule has 2 saturated carbocycles. The van der Waals surface area contributed by atoms with Gasteiger partial charge in [0.15, 0.2) is 0 Å². The van der Waals surface area contributed by atoms with E-state index in [2.05, 4.69) is 17.4 Å². The highest BCUT2D eigenvalue weighted by atomic mass is 16.4. The number of carbonyl (C=O) groups is 2. The molecule has 6 nitrogen and oxygen atoms in total. The first-order chi connectivity index (χ1) is 15.1. The second kappa shape index (κ2) is 7.84. The Morgan fingerprint density at radius 1 is 1.00 bits per heavy atom. The molecule has 0 unspecified atom stereocenters. The zero-order chi connectivity index (χ0) is 21.4. The minimum absolute atomic E-state index is 0.350. The number of carboxylic acids is 1. The van der Waals surface area contributed by atoms with Gasteiger partial charge in [-0.3, -0.25) is 4.79 Å². The number of aliphatic carboxylic acids is 1. The van der Waals surface area contributed by atoms with E-state index in [1.165, 1.54) is 25.0 Å². The molecule has 2 aliphatic rings. The molecule has 2 aromatic carbocycles. The van der Waals surface area contributed by atoms with Gasteiger partial charge in [0.25, 0.3) is 5.91 Å². The average molecular weight is 418 g/mol. The van der Waals surface area contributed by atoms with Crippen molar-refractivity contribution >= 4 is 22.8 Å². The van der Waals surface area contributed by atoms with Crippen LogP contribution in [0.5, 0.6) is 0 Å². The minimum Gasteiger partial charge on any atom is -0.480 e. The maximum Gasteiger partial charge on any atom is 0.329 e. The number of amides is 1. The smallest absolute Gasteiger partial charge is 0.329 e. The molecule has 1 amide bonds. The van der Waals surface area contributed by atoms with Gasteiger partial charge in [-0.05, 0) is 56.4 Å². The van der Waals surface area contributed by atoms with Gasteiger partial charge in [-0.2, -0.15) is 5.10 Å². The van der Waals surface area contributed by atoms with Crippen LogP contribution in [0.25, 0.3) is 16.6 Å². The zero-order valence-corrected chi connectivity index (χ0v) is 17.5. The van der Waals surface area contributed by atoms with Crippen molar-refractivity contribution in [1.82, 2.24) is 15.1 Å². The lowest BCUT2D eigenvalue weighted by molar-refractivity contribution is -0.148. The summed E-state index contributed by atoms with van der Waals surface area (Å²) in [7, 11) is 0. The molecular weight excluding hydrogens is 390 g/mol. The highest BCUT2D eigenvalue weighted by Gasteiger charge is 2.45. The first kappa shape index (κ1) is 19.8. The first-order valence-electron chi connectivity index (χ1n) is 11.2. The molecule has 2 N–H and O–H groups in total. The molecule has 1 heterocycles. The largest absolute Gasteiger partial charge is 0.480 e. The van der Waals surface area contributed by atoms with Crippen LogP contribution in [0.2, 0.25) is 0 Å². The van der Waals surface area contributed by atoms with Crippen LogP contribution >= 0.6 is 0 Å². The average Bonchev–Trinajstić information content (AvgIpc) is 3.16. The number of carbonyl (C=O) groups excluding carboxylic acids is 1. The van der Waals surface area contributed by atoms with E-state index in [0.717, 1.165) is 35.9 Å². The lowest BCUT2D eigenvalue weighted by Crippen LogP contribution is -2.59. The number of hydrogen-bond donors (Lipinski definition) is 2. The zero-order valence-electron chi connectivity index (χ0n) is 17.5. The van der Waals surface area contributed by atoms with Crippen LogP contribution in [-0.4, -0.2) is 32.3 Å². The van der Waals surface area contributed by atoms with Crippen molar-refractivity contribution in [2.75, 3.05) is 0 Å². The number of rotatable bonds is 5. The predicted octanol–water partition coefficient (Wildman–Crippen LogP) is 4.81. The highest BCUT2D eigenvalue weighted by molar-refractivity contribution is 6.01. The Bertz CT molecular complexity index is 1130. The lowest BCUT2D eigenvalue weighted by Gasteiger charge is -2.38. The Kier molecular flexibility index (Phi) is 5.00. The third-order valence-corrected chi connectivity index (χ3v) is 6.93. The number of hydrogen-bond acceptors (Lipinski definition) is 3. The fraction of sp³-hybridized carbons (Fsp3) is 0.400. The van der Waals surface area contributed by atoms with Gasteiger partial charge < -0.3 is 10.4 Å². The van der Waals surface area contributed by atoms with E-state index in [0.29, 0.717) is 24.3 Å². The van der Waals surface area contributed by atoms with Crippen LogP contribution in [0, 0.1) is 0 Å². The molecule has 0 aliphatic heterocycles. The molecule has 160 valence electrons. The number of fused-ring (bicyclic) bond motifs is 1. The fourth-order valence-electron chi connectivity index (χ4n) is 4.99. The predicted molar refractivity (Wildman–Crippen MR) is 119 cm³/mol. The van der Waals surface area contributed by atoms with Crippen LogP contribution in [-0.2, 0) is 4.79 Å². The van der Waals surface area contributed by atoms with Crippen molar-refractivity contribution in [3.05, 3.63) is 59.8 Å². The molecule has 0 saturated heterocycles. The molecule has 2 fully saturated rings. The summed E-state index contributed by atoms with van der Waals surface area (Å²) in [5.41, 5.74) is 2.34. The molecule has 5 rings (SSSR count). The van der Waals surface area contributed by atoms with Crippen LogP contribution in [0.3, 0.4) is 0 Å². The molecule has 6 heteroatoms. The molecular formula is C25H27N3O3. The Morgan fingerprint density at radius 2 is 1.74 bits per heavy atom. The monoisotopic (exact) mass is 417 g/mol. The number of para-hydroxylation sites is 1. The summed E-state index contributed by atoms with van der Waals surface area (Å²) in [6.07, 6.45) is 7.80. The summed E-state index contributed by atoms with van der Waals surface area (Å²) in [6, 6.07) is 15.7. The van der Waals surface area contributed by atoms with Crippen molar-refractivity contribution in [2.45, 2.75) is 62.8 Å². The molecule has 2 aliphatic carbocycles. The number of aromatic nitrogens is 2. The Labute approximate surface area is 181 Å². The summed E-state index contributed by atoms with van der Waals surface area (Å²) in [4.78, 5) is 24.5. The summed E-state index contributed by atoms with van der Waals surface area (Å²) < 4.78 is 2.03. The van der Waals surface area contributed by atoms with Gasteiger partial charge in [0, 0.05) is 16.9 Å². The highest BCUT2D eigenvalue weighted by Crippen LogP contribution is 2.38. The Balaban J connectivity index is 1.54. The second-order valence-corrected chi connectivity index (χ2v) is 8.89.